The Bertz CT molecular complexity index is 1000. The molecule has 2 aromatic heterocycles. The maximum absolute atomic E-state index is 13.7. The third kappa shape index (κ3) is 2.87. The number of hydrogen-bond donors (Lipinski definition) is 0. The number of aromatic nitrogens is 2. The molecule has 5 nitrogen and oxygen atoms in total. The van der Waals surface area contributed by atoms with Gasteiger partial charge in [-0.1, -0.05) is 12.1 Å². The summed E-state index contributed by atoms with van der Waals surface area (Å²) in [5, 5.41) is 3.80. The second-order valence-corrected chi connectivity index (χ2v) is 7.90. The molecule has 5 rings (SSSR count). The average molecular weight is 383 g/mol. The summed E-state index contributed by atoms with van der Waals surface area (Å²) < 4.78 is 21.9. The van der Waals surface area contributed by atoms with E-state index in [9.17, 15) is 9.18 Å². The van der Waals surface area contributed by atoms with Crippen LogP contribution < -0.4 is 0 Å². The molecule has 1 fully saturated rings. The highest BCUT2D eigenvalue weighted by Crippen LogP contribution is 2.35. The number of nitrogens with zero attached hydrogens (tertiary/aromatic N) is 3. The van der Waals surface area contributed by atoms with Crippen LogP contribution in [0.2, 0.25) is 0 Å². The number of rotatable bonds is 2. The Morgan fingerprint density at radius 1 is 1.30 bits per heavy atom. The van der Waals surface area contributed by atoms with Crippen molar-refractivity contribution >= 4 is 17.2 Å². The van der Waals surface area contributed by atoms with Crippen LogP contribution in [0.15, 0.2) is 47.3 Å². The van der Waals surface area contributed by atoms with E-state index in [2.05, 4.69) is 9.55 Å². The van der Waals surface area contributed by atoms with Gasteiger partial charge in [-0.3, -0.25) is 4.79 Å². The van der Waals surface area contributed by atoms with Crippen LogP contribution in [-0.4, -0.2) is 39.0 Å². The molecule has 1 aromatic carbocycles. The van der Waals surface area contributed by atoms with Crippen LogP contribution in [0.4, 0.5) is 4.39 Å². The van der Waals surface area contributed by atoms with Gasteiger partial charge < -0.3 is 14.2 Å². The van der Waals surface area contributed by atoms with Gasteiger partial charge in [0.2, 0.25) is 0 Å². The summed E-state index contributed by atoms with van der Waals surface area (Å²) in [6.45, 7) is 2.24. The van der Waals surface area contributed by atoms with E-state index >= 15 is 0 Å². The van der Waals surface area contributed by atoms with Gasteiger partial charge in [0.15, 0.2) is 0 Å². The van der Waals surface area contributed by atoms with Gasteiger partial charge in [0.1, 0.15) is 23.8 Å². The molecule has 0 aliphatic carbocycles. The Balaban J connectivity index is 1.41. The number of benzene rings is 1. The van der Waals surface area contributed by atoms with Gasteiger partial charge in [0.25, 0.3) is 5.91 Å². The quantitative estimate of drug-likeness (QED) is 0.680. The summed E-state index contributed by atoms with van der Waals surface area (Å²) >= 11 is 1.52. The van der Waals surface area contributed by atoms with Gasteiger partial charge in [0, 0.05) is 17.5 Å². The minimum Gasteiger partial charge on any atom is -0.363 e. The third-order valence-corrected chi connectivity index (χ3v) is 6.07. The highest BCUT2D eigenvalue weighted by Gasteiger charge is 2.44. The molecule has 0 radical (unpaired) electrons. The molecule has 2 aliphatic rings. The lowest BCUT2D eigenvalue weighted by atomic mass is 10.0. The SMILES string of the molecule is O=C(c1ccsc1)N1CCC2(C1)Cn1c(-c3cccc(F)c3)cnc1CO2. The number of amides is 1. The molecule has 138 valence electrons. The van der Waals surface area contributed by atoms with Crippen LogP contribution in [0.3, 0.4) is 0 Å². The van der Waals surface area contributed by atoms with Crippen molar-refractivity contribution in [3.63, 3.8) is 0 Å². The highest BCUT2D eigenvalue weighted by molar-refractivity contribution is 7.08. The predicted octanol–water partition coefficient (Wildman–Crippen LogP) is 3.57. The minimum atomic E-state index is -0.415. The molecule has 0 bridgehead atoms. The molecule has 0 saturated carbocycles. The summed E-state index contributed by atoms with van der Waals surface area (Å²) in [5.41, 5.74) is 2.00. The van der Waals surface area contributed by atoms with E-state index in [0.717, 1.165) is 29.1 Å². The van der Waals surface area contributed by atoms with Crippen LogP contribution in [0.1, 0.15) is 22.6 Å². The number of carbonyl (C=O) groups is 1. The van der Waals surface area contributed by atoms with Crippen LogP contribution >= 0.6 is 11.3 Å². The van der Waals surface area contributed by atoms with Gasteiger partial charge in [-0.15, -0.1) is 0 Å². The van der Waals surface area contributed by atoms with E-state index in [0.29, 0.717) is 26.2 Å². The molecular formula is C20H18FN3O2S. The van der Waals surface area contributed by atoms with Crippen molar-refractivity contribution in [1.29, 1.82) is 0 Å². The fourth-order valence-electron chi connectivity index (χ4n) is 3.97. The van der Waals surface area contributed by atoms with E-state index < -0.39 is 5.60 Å². The van der Waals surface area contributed by atoms with Crippen molar-refractivity contribution in [2.75, 3.05) is 13.1 Å². The van der Waals surface area contributed by atoms with Gasteiger partial charge in [-0.25, -0.2) is 9.37 Å². The van der Waals surface area contributed by atoms with E-state index in [1.807, 2.05) is 27.8 Å². The third-order valence-electron chi connectivity index (χ3n) is 5.38. The molecule has 2 aliphatic heterocycles. The first-order valence-electron chi connectivity index (χ1n) is 8.89. The zero-order chi connectivity index (χ0) is 18.4. The van der Waals surface area contributed by atoms with Gasteiger partial charge in [0.05, 0.1) is 30.5 Å². The fourth-order valence-corrected chi connectivity index (χ4v) is 4.60. The molecule has 1 saturated heterocycles. The first-order valence-corrected chi connectivity index (χ1v) is 9.84. The zero-order valence-electron chi connectivity index (χ0n) is 14.6. The Morgan fingerprint density at radius 3 is 3.04 bits per heavy atom. The molecule has 1 unspecified atom stereocenters. The Labute approximate surface area is 160 Å². The maximum atomic E-state index is 13.7. The summed E-state index contributed by atoms with van der Waals surface area (Å²) in [7, 11) is 0. The van der Waals surface area contributed by atoms with E-state index in [1.54, 1.807) is 12.3 Å². The van der Waals surface area contributed by atoms with Gasteiger partial charge in [-0.2, -0.15) is 11.3 Å². The first kappa shape index (κ1) is 16.6. The second-order valence-electron chi connectivity index (χ2n) is 7.12. The topological polar surface area (TPSA) is 47.4 Å². The minimum absolute atomic E-state index is 0.0542. The summed E-state index contributed by atoms with van der Waals surface area (Å²) in [5.74, 6) is 0.624. The number of likely N-dealkylation sites (tertiary alicyclic amines) is 1. The smallest absolute Gasteiger partial charge is 0.254 e. The van der Waals surface area contributed by atoms with E-state index in [1.165, 1.54) is 23.5 Å². The van der Waals surface area contributed by atoms with Crippen molar-refractivity contribution < 1.29 is 13.9 Å². The number of hydrogen-bond acceptors (Lipinski definition) is 4. The van der Waals surface area contributed by atoms with Gasteiger partial charge >= 0.3 is 0 Å². The van der Waals surface area contributed by atoms with Crippen molar-refractivity contribution in [2.45, 2.75) is 25.2 Å². The number of carbonyl (C=O) groups excluding carboxylic acids is 1. The molecule has 0 N–H and O–H groups in total. The standard InChI is InChI=1S/C20H18FN3O2S/c21-16-3-1-2-14(8-16)17-9-22-18-10-26-20(13-24(17)18)5-6-23(12-20)19(25)15-4-7-27-11-15/h1-4,7-9,11H,5-6,10,12-13H2. The lowest BCUT2D eigenvalue weighted by Crippen LogP contribution is -2.45. The molecule has 1 amide bonds. The normalized spacial score (nSPS) is 21.6. The van der Waals surface area contributed by atoms with Crippen LogP contribution in [0.25, 0.3) is 11.3 Å². The second kappa shape index (κ2) is 6.28. The summed E-state index contributed by atoms with van der Waals surface area (Å²) in [6, 6.07) is 8.41. The number of imidazole rings is 1. The van der Waals surface area contributed by atoms with E-state index in [-0.39, 0.29) is 11.7 Å². The molecule has 1 atom stereocenters. The number of fused-ring (bicyclic) bond motifs is 1. The van der Waals surface area contributed by atoms with Crippen LogP contribution in [-0.2, 0) is 17.9 Å². The maximum Gasteiger partial charge on any atom is 0.254 e. The van der Waals surface area contributed by atoms with Crippen molar-refractivity contribution in [3.05, 3.63) is 64.5 Å². The molecule has 7 heteroatoms. The number of thiophene rings is 1. The van der Waals surface area contributed by atoms with Crippen LogP contribution in [0.5, 0.6) is 0 Å². The predicted molar refractivity (Wildman–Crippen MR) is 100.0 cm³/mol. The van der Waals surface area contributed by atoms with Crippen molar-refractivity contribution in [3.8, 4) is 11.3 Å². The molecule has 3 aromatic rings. The highest BCUT2D eigenvalue weighted by atomic mass is 32.1. The Hall–Kier alpha value is -2.51. The summed E-state index contributed by atoms with van der Waals surface area (Å²) in [6.07, 6.45) is 2.55. The van der Waals surface area contributed by atoms with Crippen molar-refractivity contribution in [1.82, 2.24) is 14.5 Å². The fraction of sp³-hybridized carbons (Fsp3) is 0.300. The Kier molecular flexibility index (Phi) is 3.87. The lowest BCUT2D eigenvalue weighted by Gasteiger charge is -2.35. The molecular weight excluding hydrogens is 365 g/mol. The molecule has 4 heterocycles. The summed E-state index contributed by atoms with van der Waals surface area (Å²) in [4.78, 5) is 19.0. The Morgan fingerprint density at radius 2 is 2.22 bits per heavy atom. The molecule has 27 heavy (non-hydrogen) atoms. The number of halogens is 1. The lowest BCUT2D eigenvalue weighted by molar-refractivity contribution is -0.0804. The first-order chi connectivity index (χ1) is 13.1. The van der Waals surface area contributed by atoms with Gasteiger partial charge in [-0.05, 0) is 30.0 Å². The zero-order valence-corrected chi connectivity index (χ0v) is 15.4. The number of ether oxygens (including phenoxy) is 1. The average Bonchev–Trinajstić information content (AvgIpc) is 3.41. The van der Waals surface area contributed by atoms with Crippen LogP contribution in [0, 0.1) is 5.82 Å². The van der Waals surface area contributed by atoms with E-state index in [4.69, 9.17) is 4.74 Å². The molecule has 1 spiro atoms. The monoisotopic (exact) mass is 383 g/mol. The van der Waals surface area contributed by atoms with Crippen molar-refractivity contribution in [2.24, 2.45) is 0 Å². The largest absolute Gasteiger partial charge is 0.363 e.